The minimum absolute atomic E-state index is 0.0337. The van der Waals surface area contributed by atoms with Gasteiger partial charge in [0.25, 0.3) is 5.56 Å². The van der Waals surface area contributed by atoms with Crippen molar-refractivity contribution < 1.29 is 22.7 Å². The number of sulfonamides is 1. The van der Waals surface area contributed by atoms with Gasteiger partial charge in [-0.1, -0.05) is 12.1 Å². The maximum atomic E-state index is 13.6. The van der Waals surface area contributed by atoms with E-state index >= 15 is 0 Å². The molecule has 9 heteroatoms. The Kier molecular flexibility index (Phi) is 7.16. The second-order valence-electron chi connectivity index (χ2n) is 8.39. The Hall–Kier alpha value is -3.01. The Labute approximate surface area is 198 Å². The van der Waals surface area contributed by atoms with Crippen molar-refractivity contribution in [3.8, 4) is 0 Å². The van der Waals surface area contributed by atoms with E-state index in [1.54, 1.807) is 13.0 Å². The number of aryl methyl sites for hydroxylation is 1. The third kappa shape index (κ3) is 5.22. The lowest BCUT2D eigenvalue weighted by Gasteiger charge is -2.25. The number of nitrogens with one attached hydrogen (secondary N) is 1. The van der Waals surface area contributed by atoms with E-state index in [1.165, 1.54) is 28.6 Å². The van der Waals surface area contributed by atoms with Gasteiger partial charge in [0.05, 0.1) is 23.2 Å². The Balaban J connectivity index is 1.67. The normalized spacial score (nSPS) is 16.3. The first-order valence-corrected chi connectivity index (χ1v) is 12.7. The van der Waals surface area contributed by atoms with Gasteiger partial charge >= 0.3 is 5.97 Å². The highest BCUT2D eigenvalue weighted by Gasteiger charge is 2.30. The monoisotopic (exact) mass is 484 g/mol. The minimum Gasteiger partial charge on any atom is -0.462 e. The fourth-order valence-electron chi connectivity index (χ4n) is 4.06. The first kappa shape index (κ1) is 24.1. The van der Waals surface area contributed by atoms with Crippen LogP contribution in [0, 0.1) is 6.92 Å². The van der Waals surface area contributed by atoms with Crippen LogP contribution >= 0.6 is 0 Å². The third-order valence-corrected chi connectivity index (χ3v) is 7.69. The summed E-state index contributed by atoms with van der Waals surface area (Å²) in [7, 11) is -3.97. The predicted octanol–water partition coefficient (Wildman–Crippen LogP) is 3.38. The van der Waals surface area contributed by atoms with Crippen LogP contribution in [0.5, 0.6) is 0 Å². The maximum Gasteiger partial charge on any atom is 0.338 e. The molecule has 4 rings (SSSR count). The lowest BCUT2D eigenvalue weighted by atomic mass is 10.1. The number of carbonyl (C=O) groups excluding carboxylic acids is 1. The molecule has 1 aliphatic heterocycles. The second-order valence-corrected chi connectivity index (χ2v) is 10.3. The molecular formula is C25H28N2O6S. The van der Waals surface area contributed by atoms with Gasteiger partial charge in [-0.3, -0.25) is 4.79 Å². The number of hydrogen-bond donors (Lipinski definition) is 1. The number of nitrogens with zero attached hydrogens (tertiary/aromatic N) is 1. The van der Waals surface area contributed by atoms with Gasteiger partial charge in [0.1, 0.15) is 0 Å². The molecular weight excluding hydrogens is 456 g/mol. The van der Waals surface area contributed by atoms with Crippen molar-refractivity contribution in [1.82, 2.24) is 9.29 Å². The van der Waals surface area contributed by atoms with Crippen molar-refractivity contribution in [1.29, 1.82) is 0 Å². The first-order chi connectivity index (χ1) is 16.3. The Morgan fingerprint density at radius 3 is 2.62 bits per heavy atom. The second kappa shape index (κ2) is 10.1. The molecule has 3 aromatic rings. The Morgan fingerprint density at radius 2 is 1.94 bits per heavy atom. The number of benzene rings is 2. The maximum absolute atomic E-state index is 13.6. The van der Waals surface area contributed by atoms with Gasteiger partial charge in [0.2, 0.25) is 10.0 Å². The molecule has 8 nitrogen and oxygen atoms in total. The average molecular weight is 485 g/mol. The highest BCUT2D eigenvalue weighted by molar-refractivity contribution is 7.89. The van der Waals surface area contributed by atoms with Gasteiger partial charge in [0.15, 0.2) is 0 Å². The van der Waals surface area contributed by atoms with Crippen molar-refractivity contribution in [2.24, 2.45) is 0 Å². The molecule has 0 unspecified atom stereocenters. The van der Waals surface area contributed by atoms with E-state index in [2.05, 4.69) is 4.98 Å². The summed E-state index contributed by atoms with van der Waals surface area (Å²) in [5.41, 5.74) is 2.01. The van der Waals surface area contributed by atoms with Gasteiger partial charge < -0.3 is 14.5 Å². The van der Waals surface area contributed by atoms with Crippen LogP contribution in [0.15, 0.2) is 58.2 Å². The first-order valence-electron chi connectivity index (χ1n) is 11.3. The molecule has 1 saturated heterocycles. The van der Waals surface area contributed by atoms with E-state index in [1.807, 2.05) is 25.1 Å². The molecule has 0 amide bonds. The molecule has 0 radical (unpaired) electrons. The summed E-state index contributed by atoms with van der Waals surface area (Å²) >= 11 is 0. The summed E-state index contributed by atoms with van der Waals surface area (Å²) in [6.07, 6.45) is 1.37. The van der Waals surface area contributed by atoms with Crippen molar-refractivity contribution in [2.75, 3.05) is 19.8 Å². The number of hydrogen-bond acceptors (Lipinski definition) is 6. The number of fused-ring (bicyclic) bond motifs is 1. The zero-order valence-electron chi connectivity index (χ0n) is 19.2. The summed E-state index contributed by atoms with van der Waals surface area (Å²) in [5, 5.41) is 0.827. The summed E-state index contributed by atoms with van der Waals surface area (Å²) in [4.78, 5) is 27.6. The number of carbonyl (C=O) groups is 1. The van der Waals surface area contributed by atoms with Crippen molar-refractivity contribution >= 4 is 26.9 Å². The van der Waals surface area contributed by atoms with Crippen molar-refractivity contribution in [2.45, 2.75) is 44.2 Å². The van der Waals surface area contributed by atoms with E-state index in [-0.39, 0.29) is 41.8 Å². The number of ether oxygens (including phenoxy) is 2. The number of rotatable bonds is 8. The van der Waals surface area contributed by atoms with E-state index in [9.17, 15) is 18.0 Å². The van der Waals surface area contributed by atoms with Gasteiger partial charge in [-0.2, -0.15) is 4.31 Å². The lowest BCUT2D eigenvalue weighted by molar-refractivity contribution is 0.0526. The SMILES string of the molecule is CCOC(=O)c1ccc(S(=O)(=O)N(Cc2cc3ccc(C)cc3[nH]c2=O)C[C@@H]2CCCO2)cc1. The highest BCUT2D eigenvalue weighted by Crippen LogP contribution is 2.23. The van der Waals surface area contributed by atoms with Gasteiger partial charge in [-0.25, -0.2) is 13.2 Å². The smallest absolute Gasteiger partial charge is 0.338 e. The average Bonchev–Trinajstić information content (AvgIpc) is 3.32. The van der Waals surface area contributed by atoms with Crippen LogP contribution in [0.3, 0.4) is 0 Å². The van der Waals surface area contributed by atoms with Crippen LogP contribution < -0.4 is 5.56 Å². The van der Waals surface area contributed by atoms with Crippen molar-refractivity contribution in [3.05, 3.63) is 75.6 Å². The van der Waals surface area contributed by atoms with Crippen LogP contribution in [-0.4, -0.2) is 49.5 Å². The Bertz CT molecular complexity index is 1340. The molecule has 1 atom stereocenters. The number of pyridine rings is 1. The summed E-state index contributed by atoms with van der Waals surface area (Å²) < 4.78 is 39.1. The van der Waals surface area contributed by atoms with E-state index in [4.69, 9.17) is 9.47 Å². The molecule has 1 aliphatic rings. The van der Waals surface area contributed by atoms with Crippen LogP contribution in [0.4, 0.5) is 0 Å². The van der Waals surface area contributed by atoms with E-state index in [0.29, 0.717) is 17.7 Å². The standard InChI is InChI=1S/C25H28N2O6S/c1-3-32-25(29)18-8-10-22(11-9-18)34(30,31)27(16-21-5-4-12-33-21)15-20-14-19-7-6-17(2)13-23(19)26-24(20)28/h6-11,13-14,21H,3-5,12,15-16H2,1-2H3,(H,26,28)/t21-/m0/s1. The number of aromatic amines is 1. The van der Waals surface area contributed by atoms with Crippen LogP contribution in [0.1, 0.15) is 41.3 Å². The van der Waals surface area contributed by atoms with Gasteiger partial charge in [0, 0.05) is 30.8 Å². The van der Waals surface area contributed by atoms with Crippen LogP contribution in [-0.2, 0) is 26.0 Å². The molecule has 1 fully saturated rings. The molecule has 1 aromatic heterocycles. The van der Waals surface area contributed by atoms with Crippen LogP contribution in [0.2, 0.25) is 0 Å². The molecule has 0 spiro atoms. The minimum atomic E-state index is -3.97. The molecule has 2 aromatic carbocycles. The molecule has 0 bridgehead atoms. The predicted molar refractivity (Wildman–Crippen MR) is 128 cm³/mol. The zero-order valence-corrected chi connectivity index (χ0v) is 20.1. The summed E-state index contributed by atoms with van der Waals surface area (Å²) in [6, 6.07) is 13.1. The third-order valence-electron chi connectivity index (χ3n) is 5.86. The highest BCUT2D eigenvalue weighted by atomic mass is 32.2. The molecule has 180 valence electrons. The molecule has 34 heavy (non-hydrogen) atoms. The lowest BCUT2D eigenvalue weighted by Crippen LogP contribution is -2.38. The van der Waals surface area contributed by atoms with E-state index < -0.39 is 16.0 Å². The topological polar surface area (TPSA) is 106 Å². The summed E-state index contributed by atoms with van der Waals surface area (Å²) in [5.74, 6) is -0.513. The number of H-pyrrole nitrogens is 1. The zero-order chi connectivity index (χ0) is 24.3. The largest absolute Gasteiger partial charge is 0.462 e. The fraction of sp³-hybridized carbons (Fsp3) is 0.360. The molecule has 0 aliphatic carbocycles. The summed E-state index contributed by atoms with van der Waals surface area (Å²) in [6.45, 7) is 4.50. The Morgan fingerprint density at radius 1 is 1.18 bits per heavy atom. The molecule has 2 heterocycles. The number of esters is 1. The molecule has 0 saturated carbocycles. The van der Waals surface area contributed by atoms with Crippen LogP contribution in [0.25, 0.3) is 10.9 Å². The fourth-order valence-corrected chi connectivity index (χ4v) is 5.51. The number of aromatic nitrogens is 1. The van der Waals surface area contributed by atoms with Gasteiger partial charge in [-0.15, -0.1) is 0 Å². The van der Waals surface area contributed by atoms with E-state index in [0.717, 1.165) is 23.8 Å². The van der Waals surface area contributed by atoms with Gasteiger partial charge in [-0.05, 0) is 74.0 Å². The quantitative estimate of drug-likeness (QED) is 0.492. The molecule has 1 N–H and O–H groups in total. The van der Waals surface area contributed by atoms with Crippen molar-refractivity contribution in [3.63, 3.8) is 0 Å².